The summed E-state index contributed by atoms with van der Waals surface area (Å²) in [5.41, 5.74) is -0.0899. The number of methoxy groups -OCH3 is 1. The van der Waals surface area contributed by atoms with Crippen molar-refractivity contribution >= 4 is 5.97 Å². The number of cyclic esters (lactones) is 1. The fraction of sp³-hybridized carbons (Fsp3) is 0.364. The van der Waals surface area contributed by atoms with E-state index < -0.39 is 23.6 Å². The molecular formula is C11H12O6. The number of ether oxygens (including phenoxy) is 2. The second-order valence-electron chi connectivity index (χ2n) is 3.94. The third-order valence-electron chi connectivity index (χ3n) is 2.83. The van der Waals surface area contributed by atoms with Gasteiger partial charge < -0.3 is 24.8 Å². The van der Waals surface area contributed by atoms with Gasteiger partial charge in [0.15, 0.2) is 0 Å². The Bertz CT molecular complexity index is 483. The number of hydrogen-bond donors (Lipinski definition) is 3. The van der Waals surface area contributed by atoms with Gasteiger partial charge in [0.1, 0.15) is 23.2 Å². The van der Waals surface area contributed by atoms with E-state index in [1.54, 1.807) is 0 Å². The molecule has 2 atom stereocenters. The van der Waals surface area contributed by atoms with Crippen molar-refractivity contribution in [1.82, 2.24) is 0 Å². The summed E-state index contributed by atoms with van der Waals surface area (Å²) in [6, 6.07) is 2.19. The van der Waals surface area contributed by atoms with E-state index >= 15 is 0 Å². The molecule has 1 aliphatic rings. The lowest BCUT2D eigenvalue weighted by molar-refractivity contribution is -0.237. The maximum atomic E-state index is 11.7. The van der Waals surface area contributed by atoms with Gasteiger partial charge in [-0.1, -0.05) is 0 Å². The third-order valence-corrected chi connectivity index (χ3v) is 2.83. The van der Waals surface area contributed by atoms with Gasteiger partial charge in [0.05, 0.1) is 0 Å². The van der Waals surface area contributed by atoms with Gasteiger partial charge in [-0.15, -0.1) is 0 Å². The molecule has 1 aliphatic heterocycles. The van der Waals surface area contributed by atoms with Crippen molar-refractivity contribution in [1.29, 1.82) is 0 Å². The normalized spacial score (nSPS) is 27.5. The van der Waals surface area contributed by atoms with Crippen LogP contribution in [-0.2, 0) is 9.47 Å². The van der Waals surface area contributed by atoms with E-state index in [1.807, 2.05) is 0 Å². The summed E-state index contributed by atoms with van der Waals surface area (Å²) in [6.45, 7) is 1.39. The summed E-state index contributed by atoms with van der Waals surface area (Å²) in [4.78, 5) is 11.7. The summed E-state index contributed by atoms with van der Waals surface area (Å²) in [5, 5.41) is 28.9. The van der Waals surface area contributed by atoms with E-state index in [0.29, 0.717) is 0 Å². The molecule has 0 aliphatic carbocycles. The van der Waals surface area contributed by atoms with Crippen LogP contribution in [0.15, 0.2) is 12.1 Å². The van der Waals surface area contributed by atoms with Gasteiger partial charge in [0.2, 0.25) is 5.79 Å². The van der Waals surface area contributed by atoms with E-state index in [4.69, 9.17) is 9.47 Å². The molecule has 1 heterocycles. The Morgan fingerprint density at radius 2 is 2.06 bits per heavy atom. The summed E-state index contributed by atoms with van der Waals surface area (Å²) < 4.78 is 9.87. The van der Waals surface area contributed by atoms with Crippen LogP contribution >= 0.6 is 0 Å². The first-order chi connectivity index (χ1) is 7.89. The highest BCUT2D eigenvalue weighted by Gasteiger charge is 2.46. The summed E-state index contributed by atoms with van der Waals surface area (Å²) in [6.07, 6.45) is -1.29. The number of benzene rings is 1. The topological polar surface area (TPSA) is 96.2 Å². The monoisotopic (exact) mass is 240 g/mol. The second-order valence-corrected chi connectivity index (χ2v) is 3.94. The number of aromatic hydroxyl groups is 2. The number of esters is 1. The summed E-state index contributed by atoms with van der Waals surface area (Å²) in [5.74, 6) is -3.05. The Balaban J connectivity index is 2.65. The molecule has 1 aromatic rings. The van der Waals surface area contributed by atoms with Crippen LogP contribution in [0.2, 0.25) is 0 Å². The third kappa shape index (κ3) is 1.62. The number of phenolic OH excluding ortho intramolecular Hbond substituents is 2. The number of fused-ring (bicyclic) bond motifs is 1. The van der Waals surface area contributed by atoms with Gasteiger partial charge in [-0.25, -0.2) is 4.79 Å². The van der Waals surface area contributed by atoms with E-state index in [1.165, 1.54) is 20.1 Å². The molecule has 0 fully saturated rings. The molecule has 0 bridgehead atoms. The Morgan fingerprint density at radius 3 is 2.65 bits per heavy atom. The van der Waals surface area contributed by atoms with Gasteiger partial charge in [0.25, 0.3) is 0 Å². The van der Waals surface area contributed by atoms with Crippen LogP contribution in [0.3, 0.4) is 0 Å². The number of phenols is 2. The van der Waals surface area contributed by atoms with Gasteiger partial charge in [-0.2, -0.15) is 0 Å². The molecule has 17 heavy (non-hydrogen) atoms. The smallest absolute Gasteiger partial charge is 0.344 e. The zero-order chi connectivity index (χ0) is 12.8. The predicted octanol–water partition coefficient (Wildman–Crippen LogP) is 0.664. The Kier molecular flexibility index (Phi) is 2.48. The maximum absolute atomic E-state index is 11.7. The zero-order valence-corrected chi connectivity index (χ0v) is 9.30. The van der Waals surface area contributed by atoms with E-state index in [2.05, 4.69) is 0 Å². The molecule has 0 unspecified atom stereocenters. The molecule has 0 saturated heterocycles. The minimum Gasteiger partial charge on any atom is -0.508 e. The number of rotatable bonds is 1. The van der Waals surface area contributed by atoms with Crippen LogP contribution in [0.4, 0.5) is 0 Å². The molecule has 2 rings (SSSR count). The predicted molar refractivity (Wildman–Crippen MR) is 55.6 cm³/mol. The molecule has 3 N–H and O–H groups in total. The first-order valence-corrected chi connectivity index (χ1v) is 4.91. The Hall–Kier alpha value is -1.79. The van der Waals surface area contributed by atoms with Crippen LogP contribution in [0.5, 0.6) is 11.5 Å². The van der Waals surface area contributed by atoms with E-state index in [0.717, 1.165) is 6.07 Å². The molecule has 0 spiro atoms. The van der Waals surface area contributed by atoms with E-state index in [-0.39, 0.29) is 16.9 Å². The second kappa shape index (κ2) is 3.61. The average molecular weight is 240 g/mol. The number of aliphatic hydroxyl groups excluding tert-OH is 1. The SMILES string of the molecule is CO[C@@]1(C)OC(=O)c2c(O)cc(O)cc2[C@@H]1O. The first-order valence-electron chi connectivity index (χ1n) is 4.91. The summed E-state index contributed by atoms with van der Waals surface area (Å²) in [7, 11) is 1.28. The van der Waals surface area contributed by atoms with E-state index in [9.17, 15) is 20.1 Å². The van der Waals surface area contributed by atoms with Gasteiger partial charge in [-0.3, -0.25) is 0 Å². The van der Waals surface area contributed by atoms with Crippen molar-refractivity contribution in [2.45, 2.75) is 18.8 Å². The minimum atomic E-state index is -1.54. The van der Waals surface area contributed by atoms with Gasteiger partial charge in [0, 0.05) is 25.7 Å². The molecule has 1 aromatic carbocycles. The lowest BCUT2D eigenvalue weighted by atomic mass is 9.93. The van der Waals surface area contributed by atoms with Crippen LogP contribution in [0, 0.1) is 0 Å². The molecule has 6 nitrogen and oxygen atoms in total. The van der Waals surface area contributed by atoms with Crippen molar-refractivity contribution in [2.75, 3.05) is 7.11 Å². The highest BCUT2D eigenvalue weighted by molar-refractivity contribution is 5.96. The van der Waals surface area contributed by atoms with Crippen molar-refractivity contribution in [3.63, 3.8) is 0 Å². The number of carbonyl (C=O) groups excluding carboxylic acids is 1. The largest absolute Gasteiger partial charge is 0.508 e. The van der Waals surface area contributed by atoms with Crippen LogP contribution in [0.25, 0.3) is 0 Å². The standard InChI is InChI=1S/C11H12O6/c1-11(16-2)9(14)6-3-5(12)4-7(13)8(6)10(15)17-11/h3-4,9,12-14H,1-2H3/t9-,11-/m0/s1. The van der Waals surface area contributed by atoms with Crippen molar-refractivity contribution < 1.29 is 29.6 Å². The van der Waals surface area contributed by atoms with Gasteiger partial charge in [-0.05, 0) is 6.07 Å². The number of hydrogen-bond acceptors (Lipinski definition) is 6. The molecule has 92 valence electrons. The van der Waals surface area contributed by atoms with Crippen LogP contribution in [-0.4, -0.2) is 34.2 Å². The minimum absolute atomic E-state index is 0.0723. The highest BCUT2D eigenvalue weighted by atomic mass is 16.7. The number of carbonyl (C=O) groups is 1. The molecule has 0 aromatic heterocycles. The van der Waals surface area contributed by atoms with Gasteiger partial charge >= 0.3 is 5.97 Å². The molecule has 6 heteroatoms. The zero-order valence-electron chi connectivity index (χ0n) is 9.30. The quantitative estimate of drug-likeness (QED) is 0.624. The van der Waals surface area contributed by atoms with Crippen molar-refractivity contribution in [2.24, 2.45) is 0 Å². The number of aliphatic hydroxyl groups is 1. The first kappa shape index (κ1) is 11.7. The molecular weight excluding hydrogens is 228 g/mol. The average Bonchev–Trinajstić information content (AvgIpc) is 2.24. The van der Waals surface area contributed by atoms with Crippen LogP contribution < -0.4 is 0 Å². The lowest BCUT2D eigenvalue weighted by Gasteiger charge is -2.37. The lowest BCUT2D eigenvalue weighted by Crippen LogP contribution is -2.44. The van der Waals surface area contributed by atoms with Crippen molar-refractivity contribution in [3.8, 4) is 11.5 Å². The Morgan fingerprint density at radius 1 is 1.41 bits per heavy atom. The molecule has 0 saturated carbocycles. The fourth-order valence-corrected chi connectivity index (χ4v) is 1.80. The molecule has 0 radical (unpaired) electrons. The summed E-state index contributed by atoms with van der Waals surface area (Å²) >= 11 is 0. The van der Waals surface area contributed by atoms with Crippen molar-refractivity contribution in [3.05, 3.63) is 23.3 Å². The molecule has 0 amide bonds. The maximum Gasteiger partial charge on any atom is 0.344 e. The highest BCUT2D eigenvalue weighted by Crippen LogP contribution is 2.42. The Labute approximate surface area is 97.0 Å². The fourth-order valence-electron chi connectivity index (χ4n) is 1.80. The van der Waals surface area contributed by atoms with Crippen LogP contribution in [0.1, 0.15) is 28.9 Å².